The first kappa shape index (κ1) is 22.4. The quantitative estimate of drug-likeness (QED) is 0.597. The second-order valence-corrected chi connectivity index (χ2v) is 7.86. The Kier molecular flexibility index (Phi) is 6.09. The van der Waals surface area contributed by atoms with E-state index in [-0.39, 0.29) is 5.56 Å². The molecule has 1 aliphatic rings. The number of methoxy groups -OCH3 is 3. The molecule has 0 saturated heterocycles. The molecule has 3 aromatic rings. The van der Waals surface area contributed by atoms with Crippen molar-refractivity contribution in [2.45, 2.75) is 26.3 Å². The van der Waals surface area contributed by atoms with Gasteiger partial charge < -0.3 is 19.2 Å². The van der Waals surface area contributed by atoms with Gasteiger partial charge in [-0.1, -0.05) is 12.1 Å². The van der Waals surface area contributed by atoms with E-state index in [0.717, 1.165) is 16.8 Å². The molecule has 2 aromatic carbocycles. The van der Waals surface area contributed by atoms with Gasteiger partial charge in [-0.25, -0.2) is 4.39 Å². The van der Waals surface area contributed by atoms with Crippen molar-refractivity contribution in [2.24, 2.45) is 5.10 Å². The van der Waals surface area contributed by atoms with E-state index in [9.17, 15) is 9.18 Å². The van der Waals surface area contributed by atoms with Crippen LogP contribution in [0.4, 0.5) is 10.1 Å². The third kappa shape index (κ3) is 4.04. The fraction of sp³-hybridized carbons (Fsp3) is 0.280. The second kappa shape index (κ2) is 8.97. The van der Waals surface area contributed by atoms with Crippen molar-refractivity contribution >= 4 is 11.4 Å². The molecule has 0 spiro atoms. The minimum absolute atomic E-state index is 0.217. The van der Waals surface area contributed by atoms with Gasteiger partial charge in [-0.05, 0) is 55.3 Å². The number of anilines is 1. The number of hydrogen-bond donors (Lipinski definition) is 1. The Morgan fingerprint density at radius 1 is 1.03 bits per heavy atom. The number of pyridine rings is 1. The van der Waals surface area contributed by atoms with Gasteiger partial charge in [-0.2, -0.15) is 5.10 Å². The third-order valence-electron chi connectivity index (χ3n) is 5.74. The largest absolute Gasteiger partial charge is 0.493 e. The fourth-order valence-electron chi connectivity index (χ4n) is 4.29. The first-order valence-corrected chi connectivity index (χ1v) is 10.5. The molecule has 4 rings (SSSR count). The number of halogens is 1. The first-order chi connectivity index (χ1) is 15.9. The third-order valence-corrected chi connectivity index (χ3v) is 5.74. The molecule has 7 nitrogen and oxygen atoms in total. The van der Waals surface area contributed by atoms with E-state index >= 15 is 0 Å². The van der Waals surface area contributed by atoms with Gasteiger partial charge in [0.1, 0.15) is 5.82 Å². The highest BCUT2D eigenvalue weighted by molar-refractivity contribution is 6.04. The number of hydrogen-bond acceptors (Lipinski definition) is 6. The molecule has 1 N–H and O–H groups in total. The van der Waals surface area contributed by atoms with Crippen LogP contribution in [0.2, 0.25) is 0 Å². The number of benzene rings is 2. The Labute approximate surface area is 191 Å². The Morgan fingerprint density at radius 2 is 1.70 bits per heavy atom. The highest BCUT2D eigenvalue weighted by Crippen LogP contribution is 2.44. The summed E-state index contributed by atoms with van der Waals surface area (Å²) < 4.78 is 31.3. The Bertz CT molecular complexity index is 1260. The van der Waals surface area contributed by atoms with Crippen LogP contribution in [0.1, 0.15) is 34.8 Å². The average Bonchev–Trinajstić information content (AvgIpc) is 3.22. The van der Waals surface area contributed by atoms with Crippen LogP contribution in [0.25, 0.3) is 0 Å². The summed E-state index contributed by atoms with van der Waals surface area (Å²) in [4.78, 5) is 15.6. The maximum absolute atomic E-state index is 14.8. The Hall–Kier alpha value is -3.81. The predicted octanol–water partition coefficient (Wildman–Crippen LogP) is 4.51. The number of hydrazone groups is 1. The lowest BCUT2D eigenvalue weighted by atomic mass is 9.96. The molecular weight excluding hydrogens is 425 g/mol. The van der Waals surface area contributed by atoms with E-state index in [1.807, 2.05) is 32.0 Å². The summed E-state index contributed by atoms with van der Waals surface area (Å²) >= 11 is 0. The molecule has 8 heteroatoms. The van der Waals surface area contributed by atoms with Crippen LogP contribution in [-0.4, -0.2) is 32.0 Å². The number of aromatic nitrogens is 1. The summed E-state index contributed by atoms with van der Waals surface area (Å²) in [6.45, 7) is 3.71. The number of nitrogens with zero attached hydrogens (tertiary/aromatic N) is 2. The molecule has 0 aliphatic carbocycles. The van der Waals surface area contributed by atoms with E-state index in [1.165, 1.54) is 13.2 Å². The molecule has 0 amide bonds. The maximum Gasteiger partial charge on any atom is 0.257 e. The SMILES string of the molecule is COc1cc([C@H]2CC(c3c(C)cc(C)[nH]c3=O)=NN2c2ccccc2F)cc(OC)c1OC. The van der Waals surface area contributed by atoms with Gasteiger partial charge in [0.15, 0.2) is 11.5 Å². The van der Waals surface area contributed by atoms with Gasteiger partial charge in [-0.15, -0.1) is 0 Å². The molecule has 0 radical (unpaired) electrons. The lowest BCUT2D eigenvalue weighted by molar-refractivity contribution is 0.323. The molecule has 1 aliphatic heterocycles. The summed E-state index contributed by atoms with van der Waals surface area (Å²) in [5.74, 6) is 1.02. The van der Waals surface area contributed by atoms with Gasteiger partial charge in [-0.3, -0.25) is 9.80 Å². The molecule has 0 unspecified atom stereocenters. The van der Waals surface area contributed by atoms with Crippen molar-refractivity contribution in [1.82, 2.24) is 4.98 Å². The van der Waals surface area contributed by atoms with Crippen LogP contribution in [0.3, 0.4) is 0 Å². The Morgan fingerprint density at radius 3 is 2.27 bits per heavy atom. The van der Waals surface area contributed by atoms with E-state index in [4.69, 9.17) is 19.3 Å². The standard InChI is InChI=1S/C25H26FN3O4/c1-14-10-15(2)27-25(30)23(14)18-13-20(29(28-18)19-9-7-6-8-17(19)26)16-11-21(31-3)24(33-5)22(12-16)32-4/h6-12,20H,13H2,1-5H3,(H,27,30)/t20-/m1/s1. The van der Waals surface area contributed by atoms with Crippen LogP contribution < -0.4 is 24.8 Å². The second-order valence-electron chi connectivity index (χ2n) is 7.86. The van der Waals surface area contributed by atoms with Crippen LogP contribution in [-0.2, 0) is 0 Å². The topological polar surface area (TPSA) is 76.2 Å². The number of nitrogens with one attached hydrogen (secondary N) is 1. The summed E-state index contributed by atoms with van der Waals surface area (Å²) in [6, 6.07) is 11.6. The normalized spacial score (nSPS) is 15.4. The summed E-state index contributed by atoms with van der Waals surface area (Å²) in [5.41, 5.74) is 3.54. The molecule has 0 saturated carbocycles. The molecule has 2 heterocycles. The highest BCUT2D eigenvalue weighted by Gasteiger charge is 2.34. The molecule has 1 aromatic heterocycles. The van der Waals surface area contributed by atoms with Gasteiger partial charge >= 0.3 is 0 Å². The molecule has 0 bridgehead atoms. The van der Waals surface area contributed by atoms with Crippen molar-refractivity contribution in [2.75, 3.05) is 26.3 Å². The van der Waals surface area contributed by atoms with Gasteiger partial charge in [0.05, 0.1) is 44.3 Å². The highest BCUT2D eigenvalue weighted by atomic mass is 19.1. The van der Waals surface area contributed by atoms with Crippen molar-refractivity contribution in [3.8, 4) is 17.2 Å². The monoisotopic (exact) mass is 451 g/mol. The van der Waals surface area contributed by atoms with Crippen LogP contribution in [0.5, 0.6) is 17.2 Å². The zero-order chi connectivity index (χ0) is 23.7. The molecule has 1 atom stereocenters. The van der Waals surface area contributed by atoms with Crippen LogP contribution >= 0.6 is 0 Å². The zero-order valence-electron chi connectivity index (χ0n) is 19.2. The predicted molar refractivity (Wildman–Crippen MR) is 125 cm³/mol. The number of para-hydroxylation sites is 1. The lowest BCUT2D eigenvalue weighted by Gasteiger charge is -2.25. The van der Waals surface area contributed by atoms with Crippen molar-refractivity contribution < 1.29 is 18.6 Å². The average molecular weight is 451 g/mol. The fourth-order valence-corrected chi connectivity index (χ4v) is 4.29. The summed E-state index contributed by atoms with van der Waals surface area (Å²) in [7, 11) is 4.62. The van der Waals surface area contributed by atoms with E-state index in [2.05, 4.69) is 4.98 Å². The number of aryl methyl sites for hydroxylation is 2. The zero-order valence-corrected chi connectivity index (χ0v) is 19.2. The number of ether oxygens (including phenoxy) is 3. The van der Waals surface area contributed by atoms with Gasteiger partial charge in [0.25, 0.3) is 5.56 Å². The molecule has 33 heavy (non-hydrogen) atoms. The van der Waals surface area contributed by atoms with Crippen molar-refractivity contribution in [1.29, 1.82) is 0 Å². The minimum atomic E-state index is -0.408. The van der Waals surface area contributed by atoms with E-state index in [0.29, 0.717) is 40.6 Å². The number of H-pyrrole nitrogens is 1. The first-order valence-electron chi connectivity index (χ1n) is 10.5. The number of aromatic amines is 1. The Balaban J connectivity index is 1.89. The van der Waals surface area contributed by atoms with E-state index < -0.39 is 11.9 Å². The van der Waals surface area contributed by atoms with Crippen LogP contribution in [0.15, 0.2) is 52.4 Å². The van der Waals surface area contributed by atoms with Crippen LogP contribution in [0, 0.1) is 19.7 Å². The van der Waals surface area contributed by atoms with Gasteiger partial charge in [0.2, 0.25) is 5.75 Å². The summed E-state index contributed by atoms with van der Waals surface area (Å²) in [5, 5.41) is 6.34. The molecule has 0 fully saturated rings. The lowest BCUT2D eigenvalue weighted by Crippen LogP contribution is -2.21. The van der Waals surface area contributed by atoms with Gasteiger partial charge in [0, 0.05) is 12.1 Å². The molecule has 172 valence electrons. The number of rotatable bonds is 6. The van der Waals surface area contributed by atoms with Crippen molar-refractivity contribution in [3.63, 3.8) is 0 Å². The van der Waals surface area contributed by atoms with E-state index in [1.54, 1.807) is 37.4 Å². The smallest absolute Gasteiger partial charge is 0.257 e. The summed E-state index contributed by atoms with van der Waals surface area (Å²) in [6.07, 6.45) is 0.389. The van der Waals surface area contributed by atoms with Crippen molar-refractivity contribution in [3.05, 3.63) is 81.0 Å². The maximum atomic E-state index is 14.8. The minimum Gasteiger partial charge on any atom is -0.493 e. The molecular formula is C25H26FN3O4.